The average Bonchev–Trinajstić information content (AvgIpc) is 3.25. The third kappa shape index (κ3) is 5.52. The highest BCUT2D eigenvalue weighted by molar-refractivity contribution is 7.89. The van der Waals surface area contributed by atoms with Crippen LogP contribution in [-0.2, 0) is 37.9 Å². The van der Waals surface area contributed by atoms with Gasteiger partial charge in [0.2, 0.25) is 15.9 Å². The Bertz CT molecular complexity index is 1390. The Morgan fingerprint density at radius 1 is 1.08 bits per heavy atom. The lowest BCUT2D eigenvalue weighted by molar-refractivity contribution is -0.144. The molecule has 204 valence electrons. The van der Waals surface area contributed by atoms with Crippen LogP contribution in [0.3, 0.4) is 0 Å². The maximum atomic E-state index is 13.3. The van der Waals surface area contributed by atoms with Crippen LogP contribution in [0.15, 0.2) is 53.4 Å². The number of hydrogen-bond acceptors (Lipinski definition) is 5. The standard InChI is InChI=1S/C29H37N3O5S/c1-20-18-37-15-14-32(20)29(33)23-8-11-25(12-9-23)30-38(34,35)26-13-10-24-16-27(31(2)28(24)17-26)22-6-4-21(5-7-22)19-36-3/h4-7,10,13,16-17,20,23,25,30H,8-9,11-12,14-15,18-19H2,1-3H3. The molecule has 1 saturated carbocycles. The molecule has 1 N–H and O–H groups in total. The summed E-state index contributed by atoms with van der Waals surface area (Å²) in [6.45, 7) is 4.37. The minimum absolute atomic E-state index is 0.0435. The van der Waals surface area contributed by atoms with Crippen LogP contribution in [0.2, 0.25) is 0 Å². The number of aromatic nitrogens is 1. The molecule has 1 aliphatic carbocycles. The van der Waals surface area contributed by atoms with Gasteiger partial charge in [-0.25, -0.2) is 13.1 Å². The SMILES string of the molecule is COCc1ccc(-c2cc3ccc(S(=O)(=O)NC4CCC(C(=O)N5CCOCC5C)CC4)cc3n2C)cc1. The van der Waals surface area contributed by atoms with Crippen molar-refractivity contribution in [3.05, 3.63) is 54.1 Å². The van der Waals surface area contributed by atoms with Crippen molar-refractivity contribution in [2.24, 2.45) is 13.0 Å². The molecule has 1 aliphatic heterocycles. The molecule has 3 aromatic rings. The molecular weight excluding hydrogens is 502 g/mol. The highest BCUT2D eigenvalue weighted by Gasteiger charge is 2.34. The number of rotatable bonds is 7. The second-order valence-corrected chi connectivity index (χ2v) is 12.3. The summed E-state index contributed by atoms with van der Waals surface area (Å²) in [6.07, 6.45) is 2.70. The first-order valence-corrected chi connectivity index (χ1v) is 14.8. The molecule has 9 heteroatoms. The molecule has 38 heavy (non-hydrogen) atoms. The minimum atomic E-state index is -3.69. The molecule has 0 bridgehead atoms. The van der Waals surface area contributed by atoms with Crippen molar-refractivity contribution in [3.8, 4) is 11.3 Å². The van der Waals surface area contributed by atoms with Crippen LogP contribution < -0.4 is 4.72 Å². The second kappa shape index (κ2) is 11.2. The zero-order valence-electron chi connectivity index (χ0n) is 22.4. The van der Waals surface area contributed by atoms with Gasteiger partial charge >= 0.3 is 0 Å². The van der Waals surface area contributed by atoms with E-state index < -0.39 is 10.0 Å². The van der Waals surface area contributed by atoms with Gasteiger partial charge < -0.3 is 18.9 Å². The number of nitrogens with zero attached hydrogens (tertiary/aromatic N) is 2. The number of nitrogens with one attached hydrogen (secondary N) is 1. The lowest BCUT2D eigenvalue weighted by Gasteiger charge is -2.37. The molecule has 1 atom stereocenters. The average molecular weight is 540 g/mol. The lowest BCUT2D eigenvalue weighted by atomic mass is 9.85. The van der Waals surface area contributed by atoms with Crippen molar-refractivity contribution in [3.63, 3.8) is 0 Å². The van der Waals surface area contributed by atoms with E-state index >= 15 is 0 Å². The fourth-order valence-corrected chi connectivity index (χ4v) is 7.05. The van der Waals surface area contributed by atoms with Crippen molar-refractivity contribution in [1.29, 1.82) is 0 Å². The first-order chi connectivity index (χ1) is 18.3. The maximum Gasteiger partial charge on any atom is 0.240 e. The number of ether oxygens (including phenoxy) is 2. The number of carbonyl (C=O) groups excluding carboxylic acids is 1. The van der Waals surface area contributed by atoms with E-state index in [4.69, 9.17) is 9.47 Å². The van der Waals surface area contributed by atoms with Crippen molar-refractivity contribution in [2.75, 3.05) is 26.9 Å². The van der Waals surface area contributed by atoms with Gasteiger partial charge in [-0.15, -0.1) is 0 Å². The highest BCUT2D eigenvalue weighted by atomic mass is 32.2. The highest BCUT2D eigenvalue weighted by Crippen LogP contribution is 2.31. The molecule has 8 nitrogen and oxygen atoms in total. The van der Waals surface area contributed by atoms with Gasteiger partial charge in [-0.1, -0.05) is 30.3 Å². The number of aryl methyl sites for hydroxylation is 1. The third-order valence-corrected chi connectivity index (χ3v) is 9.45. The summed E-state index contributed by atoms with van der Waals surface area (Å²) in [7, 11) is -0.0571. The van der Waals surface area contributed by atoms with Crippen LogP contribution in [0.1, 0.15) is 38.2 Å². The van der Waals surface area contributed by atoms with E-state index in [1.807, 2.05) is 41.6 Å². The fourth-order valence-electron chi connectivity index (χ4n) is 5.73. The molecular formula is C29H37N3O5S. The van der Waals surface area contributed by atoms with E-state index in [-0.39, 0.29) is 28.8 Å². The topological polar surface area (TPSA) is 89.9 Å². The van der Waals surface area contributed by atoms with E-state index in [1.165, 1.54) is 0 Å². The Hall–Kier alpha value is -2.72. The second-order valence-electron chi connectivity index (χ2n) is 10.6. The van der Waals surface area contributed by atoms with E-state index in [0.29, 0.717) is 52.0 Å². The van der Waals surface area contributed by atoms with Crippen LogP contribution >= 0.6 is 0 Å². The van der Waals surface area contributed by atoms with Crippen molar-refractivity contribution < 1.29 is 22.7 Å². The van der Waals surface area contributed by atoms with Gasteiger partial charge in [0.1, 0.15) is 0 Å². The maximum absolute atomic E-state index is 13.3. The van der Waals surface area contributed by atoms with Crippen molar-refractivity contribution in [2.45, 2.75) is 56.2 Å². The zero-order chi connectivity index (χ0) is 26.9. The number of sulfonamides is 1. The third-order valence-electron chi connectivity index (χ3n) is 7.94. The fraction of sp³-hybridized carbons (Fsp3) is 0.483. The van der Waals surface area contributed by atoms with Gasteiger partial charge in [0.05, 0.1) is 30.8 Å². The van der Waals surface area contributed by atoms with E-state index in [2.05, 4.69) is 22.9 Å². The van der Waals surface area contributed by atoms with Gasteiger partial charge in [-0.2, -0.15) is 0 Å². The van der Waals surface area contributed by atoms with E-state index in [0.717, 1.165) is 27.7 Å². The molecule has 1 unspecified atom stereocenters. The smallest absolute Gasteiger partial charge is 0.240 e. The Balaban J connectivity index is 1.26. The molecule has 2 aromatic carbocycles. The predicted octanol–water partition coefficient (Wildman–Crippen LogP) is 4.08. The number of morpholine rings is 1. The predicted molar refractivity (Wildman–Crippen MR) is 147 cm³/mol. The summed E-state index contributed by atoms with van der Waals surface area (Å²) in [6, 6.07) is 15.5. The molecule has 1 amide bonds. The summed E-state index contributed by atoms with van der Waals surface area (Å²) in [5.74, 6) is 0.137. The molecule has 5 rings (SSSR count). The molecule has 1 saturated heterocycles. The number of amides is 1. The van der Waals surface area contributed by atoms with Crippen LogP contribution in [0.25, 0.3) is 22.2 Å². The van der Waals surface area contributed by atoms with Crippen LogP contribution in [0.5, 0.6) is 0 Å². The summed E-state index contributed by atoms with van der Waals surface area (Å²) in [5, 5.41) is 0.985. The van der Waals surface area contributed by atoms with Gasteiger partial charge in [-0.05, 0) is 61.9 Å². The summed E-state index contributed by atoms with van der Waals surface area (Å²) >= 11 is 0. The number of fused-ring (bicyclic) bond motifs is 1. The zero-order valence-corrected chi connectivity index (χ0v) is 23.2. The lowest BCUT2D eigenvalue weighted by Crippen LogP contribution is -2.50. The molecule has 2 heterocycles. The Labute approximate surface area is 225 Å². The van der Waals surface area contributed by atoms with E-state index in [1.54, 1.807) is 19.2 Å². The van der Waals surface area contributed by atoms with Gasteiger partial charge in [0.15, 0.2) is 0 Å². The molecule has 2 fully saturated rings. The Kier molecular flexibility index (Phi) is 7.90. The molecule has 0 spiro atoms. The number of methoxy groups -OCH3 is 1. The van der Waals surface area contributed by atoms with Crippen LogP contribution in [0.4, 0.5) is 0 Å². The van der Waals surface area contributed by atoms with Crippen molar-refractivity contribution in [1.82, 2.24) is 14.2 Å². The van der Waals surface area contributed by atoms with Gasteiger partial charge in [-0.3, -0.25) is 4.79 Å². The Morgan fingerprint density at radius 3 is 2.50 bits per heavy atom. The van der Waals surface area contributed by atoms with Crippen LogP contribution in [-0.4, -0.2) is 62.7 Å². The number of benzene rings is 2. The quantitative estimate of drug-likeness (QED) is 0.489. The summed E-state index contributed by atoms with van der Waals surface area (Å²) in [5.41, 5.74) is 4.04. The number of hydrogen-bond donors (Lipinski definition) is 1. The van der Waals surface area contributed by atoms with Gasteiger partial charge in [0.25, 0.3) is 0 Å². The summed E-state index contributed by atoms with van der Waals surface area (Å²) < 4.78 is 42.2. The van der Waals surface area contributed by atoms with E-state index in [9.17, 15) is 13.2 Å². The number of carbonyl (C=O) groups is 1. The minimum Gasteiger partial charge on any atom is -0.380 e. The largest absolute Gasteiger partial charge is 0.380 e. The van der Waals surface area contributed by atoms with Gasteiger partial charge in [0, 0.05) is 49.3 Å². The first kappa shape index (κ1) is 26.9. The Morgan fingerprint density at radius 2 is 1.82 bits per heavy atom. The first-order valence-electron chi connectivity index (χ1n) is 13.3. The molecule has 1 aromatic heterocycles. The normalized spacial score (nSPS) is 22.6. The monoisotopic (exact) mass is 539 g/mol. The molecule has 2 aliphatic rings. The molecule has 0 radical (unpaired) electrons. The summed E-state index contributed by atoms with van der Waals surface area (Å²) in [4.78, 5) is 15.2. The van der Waals surface area contributed by atoms with Crippen molar-refractivity contribution >= 4 is 26.8 Å². The van der Waals surface area contributed by atoms with Crippen LogP contribution in [0, 0.1) is 5.92 Å².